The normalized spacial score (nSPS) is 10.5. The molecule has 4 heteroatoms. The highest BCUT2D eigenvalue weighted by Gasteiger charge is 2.21. The van der Waals surface area contributed by atoms with Gasteiger partial charge in [0.2, 0.25) is 0 Å². The molecule has 0 fully saturated rings. The molecule has 0 amide bonds. The fourth-order valence-electron chi connectivity index (χ4n) is 3.05. The van der Waals surface area contributed by atoms with E-state index in [-0.39, 0.29) is 17.0 Å². The first-order valence-corrected chi connectivity index (χ1v) is 8.16. The third-order valence-electron chi connectivity index (χ3n) is 4.22. The average Bonchev–Trinajstić information content (AvgIpc) is 2.69. The SMILES string of the molecule is COC(=O)c1cc(C(=O)O)cc(C(c2ccccc2)c2ccccc2)c1. The number of benzene rings is 3. The van der Waals surface area contributed by atoms with Crippen molar-refractivity contribution in [1.29, 1.82) is 0 Å². The van der Waals surface area contributed by atoms with Crippen LogP contribution in [0.1, 0.15) is 43.3 Å². The summed E-state index contributed by atoms with van der Waals surface area (Å²) in [5.41, 5.74) is 3.02. The summed E-state index contributed by atoms with van der Waals surface area (Å²) in [6, 6.07) is 24.2. The van der Waals surface area contributed by atoms with Crippen LogP contribution in [0.15, 0.2) is 78.9 Å². The molecule has 0 heterocycles. The van der Waals surface area contributed by atoms with Crippen molar-refractivity contribution in [3.63, 3.8) is 0 Å². The third-order valence-corrected chi connectivity index (χ3v) is 4.22. The van der Waals surface area contributed by atoms with Gasteiger partial charge in [-0.3, -0.25) is 0 Å². The van der Waals surface area contributed by atoms with Crippen molar-refractivity contribution in [3.05, 3.63) is 107 Å². The summed E-state index contributed by atoms with van der Waals surface area (Å²) in [5, 5.41) is 9.46. The Hall–Kier alpha value is -3.40. The third kappa shape index (κ3) is 3.64. The topological polar surface area (TPSA) is 63.6 Å². The Bertz CT molecular complexity index is 878. The van der Waals surface area contributed by atoms with Crippen molar-refractivity contribution < 1.29 is 19.4 Å². The van der Waals surface area contributed by atoms with Crippen LogP contribution in [0.2, 0.25) is 0 Å². The van der Waals surface area contributed by atoms with E-state index in [2.05, 4.69) is 0 Å². The first-order chi connectivity index (χ1) is 12.6. The molecule has 0 atom stereocenters. The zero-order valence-corrected chi connectivity index (χ0v) is 14.3. The first-order valence-electron chi connectivity index (χ1n) is 8.16. The van der Waals surface area contributed by atoms with Gasteiger partial charge < -0.3 is 9.84 Å². The summed E-state index contributed by atoms with van der Waals surface area (Å²) in [6.45, 7) is 0. The van der Waals surface area contributed by atoms with Crippen LogP contribution >= 0.6 is 0 Å². The number of rotatable bonds is 5. The summed E-state index contributed by atoms with van der Waals surface area (Å²) < 4.78 is 4.79. The smallest absolute Gasteiger partial charge is 0.337 e. The van der Waals surface area contributed by atoms with Crippen LogP contribution in [0.5, 0.6) is 0 Å². The quantitative estimate of drug-likeness (QED) is 0.551. The number of carbonyl (C=O) groups excluding carboxylic acids is 1. The van der Waals surface area contributed by atoms with Crippen LogP contribution in [0.4, 0.5) is 0 Å². The molecule has 4 nitrogen and oxygen atoms in total. The maximum atomic E-state index is 12.0. The lowest BCUT2D eigenvalue weighted by atomic mass is 9.84. The number of esters is 1. The molecular formula is C22H18O4. The Morgan fingerprint density at radius 2 is 1.27 bits per heavy atom. The predicted molar refractivity (Wildman–Crippen MR) is 98.6 cm³/mol. The van der Waals surface area contributed by atoms with Crippen LogP contribution in [-0.2, 0) is 4.74 Å². The van der Waals surface area contributed by atoms with Crippen LogP contribution in [0, 0.1) is 0 Å². The Labute approximate surface area is 151 Å². The zero-order chi connectivity index (χ0) is 18.5. The second-order valence-corrected chi connectivity index (χ2v) is 5.89. The molecular weight excluding hydrogens is 328 g/mol. The summed E-state index contributed by atoms with van der Waals surface area (Å²) >= 11 is 0. The number of ether oxygens (including phenoxy) is 1. The van der Waals surface area contributed by atoms with Gasteiger partial charge in [-0.1, -0.05) is 60.7 Å². The molecule has 130 valence electrons. The van der Waals surface area contributed by atoms with Crippen LogP contribution in [-0.4, -0.2) is 24.2 Å². The van der Waals surface area contributed by atoms with E-state index in [1.165, 1.54) is 13.2 Å². The Morgan fingerprint density at radius 1 is 0.769 bits per heavy atom. The lowest BCUT2D eigenvalue weighted by Gasteiger charge is -2.20. The monoisotopic (exact) mass is 346 g/mol. The highest BCUT2D eigenvalue weighted by Crippen LogP contribution is 2.33. The Balaban J connectivity index is 2.22. The van der Waals surface area contributed by atoms with Gasteiger partial charge in [-0.15, -0.1) is 0 Å². The van der Waals surface area contributed by atoms with Crippen LogP contribution in [0.25, 0.3) is 0 Å². The molecule has 0 bridgehead atoms. The van der Waals surface area contributed by atoms with Gasteiger partial charge >= 0.3 is 11.9 Å². The number of methoxy groups -OCH3 is 1. The molecule has 3 rings (SSSR count). The Morgan fingerprint density at radius 3 is 1.73 bits per heavy atom. The van der Waals surface area contributed by atoms with Gasteiger partial charge in [0.15, 0.2) is 0 Å². The fourth-order valence-corrected chi connectivity index (χ4v) is 3.05. The average molecular weight is 346 g/mol. The van der Waals surface area contributed by atoms with Crippen molar-refractivity contribution in [1.82, 2.24) is 0 Å². The molecule has 0 aliphatic rings. The molecule has 0 unspecified atom stereocenters. The van der Waals surface area contributed by atoms with Gasteiger partial charge in [0.1, 0.15) is 0 Å². The standard InChI is InChI=1S/C22H18O4/c1-26-22(25)19-13-17(12-18(14-19)21(23)24)20(15-8-4-2-5-9-15)16-10-6-3-7-11-16/h2-14,20H,1H3,(H,23,24). The van der Waals surface area contributed by atoms with Crippen molar-refractivity contribution in [2.75, 3.05) is 7.11 Å². The number of carboxylic acid groups (broad SMARTS) is 1. The molecule has 0 aliphatic carbocycles. The summed E-state index contributed by atoms with van der Waals surface area (Å²) in [4.78, 5) is 23.6. The van der Waals surface area contributed by atoms with E-state index >= 15 is 0 Å². The Kier molecular flexibility index (Phi) is 5.13. The maximum absolute atomic E-state index is 12.0. The maximum Gasteiger partial charge on any atom is 0.337 e. The minimum atomic E-state index is -1.09. The van der Waals surface area contributed by atoms with Gasteiger partial charge in [-0.25, -0.2) is 9.59 Å². The molecule has 1 N–H and O–H groups in total. The first kappa shape index (κ1) is 17.4. The second-order valence-electron chi connectivity index (χ2n) is 5.89. The minimum Gasteiger partial charge on any atom is -0.478 e. The molecule has 0 saturated carbocycles. The van der Waals surface area contributed by atoms with E-state index in [4.69, 9.17) is 4.74 Å². The fraction of sp³-hybridized carbons (Fsp3) is 0.0909. The van der Waals surface area contributed by atoms with E-state index in [9.17, 15) is 14.7 Å². The molecule has 0 radical (unpaired) electrons. The van der Waals surface area contributed by atoms with E-state index < -0.39 is 11.9 Å². The lowest BCUT2D eigenvalue weighted by Crippen LogP contribution is -2.10. The van der Waals surface area contributed by atoms with E-state index in [0.717, 1.165) is 16.7 Å². The van der Waals surface area contributed by atoms with Crippen molar-refractivity contribution in [3.8, 4) is 0 Å². The molecule has 0 aliphatic heterocycles. The predicted octanol–water partition coefficient (Wildman–Crippen LogP) is 4.35. The van der Waals surface area contributed by atoms with Crippen molar-refractivity contribution in [2.24, 2.45) is 0 Å². The van der Waals surface area contributed by atoms with Crippen molar-refractivity contribution >= 4 is 11.9 Å². The number of aromatic carboxylic acids is 1. The van der Waals surface area contributed by atoms with Crippen molar-refractivity contribution in [2.45, 2.75) is 5.92 Å². The van der Waals surface area contributed by atoms with E-state index in [1.807, 2.05) is 60.7 Å². The number of hydrogen-bond donors (Lipinski definition) is 1. The molecule has 0 aromatic heterocycles. The molecule has 26 heavy (non-hydrogen) atoms. The van der Waals surface area contributed by atoms with Gasteiger partial charge in [0.25, 0.3) is 0 Å². The second kappa shape index (κ2) is 7.66. The number of carboxylic acids is 1. The highest BCUT2D eigenvalue weighted by molar-refractivity contribution is 5.95. The summed E-state index contributed by atoms with van der Waals surface area (Å²) in [5.74, 6) is -1.84. The summed E-state index contributed by atoms with van der Waals surface area (Å²) in [6.07, 6.45) is 0. The van der Waals surface area contributed by atoms with Crippen LogP contribution in [0.3, 0.4) is 0 Å². The largest absolute Gasteiger partial charge is 0.478 e. The number of hydrogen-bond acceptors (Lipinski definition) is 3. The van der Waals surface area contributed by atoms with E-state index in [1.54, 1.807) is 12.1 Å². The molecule has 0 spiro atoms. The molecule has 3 aromatic carbocycles. The highest BCUT2D eigenvalue weighted by atomic mass is 16.5. The number of carbonyl (C=O) groups is 2. The zero-order valence-electron chi connectivity index (χ0n) is 14.3. The summed E-state index contributed by atoms with van der Waals surface area (Å²) in [7, 11) is 1.28. The van der Waals surface area contributed by atoms with Crippen LogP contribution < -0.4 is 0 Å². The lowest BCUT2D eigenvalue weighted by molar-refractivity contribution is 0.0600. The van der Waals surface area contributed by atoms with Gasteiger partial charge in [0, 0.05) is 5.92 Å². The van der Waals surface area contributed by atoms with E-state index in [0.29, 0.717) is 0 Å². The van der Waals surface area contributed by atoms with Gasteiger partial charge in [-0.2, -0.15) is 0 Å². The molecule has 0 saturated heterocycles. The van der Waals surface area contributed by atoms with Gasteiger partial charge in [-0.05, 0) is 34.9 Å². The van der Waals surface area contributed by atoms with Gasteiger partial charge in [0.05, 0.1) is 18.2 Å². The minimum absolute atomic E-state index is 0.0553. The molecule has 3 aromatic rings.